The summed E-state index contributed by atoms with van der Waals surface area (Å²) in [5.74, 6) is 1.87. The van der Waals surface area contributed by atoms with Crippen molar-refractivity contribution in [1.29, 1.82) is 0 Å². The van der Waals surface area contributed by atoms with Gasteiger partial charge in [-0.05, 0) is 26.3 Å². The molecule has 4 nitrogen and oxygen atoms in total. The summed E-state index contributed by atoms with van der Waals surface area (Å²) in [7, 11) is 1.90. The Hall–Kier alpha value is -1.16. The molecule has 88 valence electrons. The lowest BCUT2D eigenvalue weighted by atomic mass is 9.82. The van der Waals surface area contributed by atoms with Crippen molar-refractivity contribution in [3.8, 4) is 0 Å². The van der Waals surface area contributed by atoms with Crippen molar-refractivity contribution in [3.05, 3.63) is 17.6 Å². The lowest BCUT2D eigenvalue weighted by molar-refractivity contribution is 0.323. The van der Waals surface area contributed by atoms with Crippen LogP contribution in [0, 0.1) is 6.92 Å². The molecule has 2 rings (SSSR count). The van der Waals surface area contributed by atoms with E-state index in [1.54, 1.807) is 0 Å². The molecule has 4 heteroatoms. The molecule has 2 N–H and O–H groups in total. The number of anilines is 1. The molecule has 1 aromatic heterocycles. The van der Waals surface area contributed by atoms with Gasteiger partial charge in [0.2, 0.25) is 0 Å². The van der Waals surface area contributed by atoms with E-state index in [4.69, 9.17) is 0 Å². The van der Waals surface area contributed by atoms with Crippen molar-refractivity contribution in [1.82, 2.24) is 15.3 Å². The second kappa shape index (κ2) is 4.37. The van der Waals surface area contributed by atoms with Crippen LogP contribution in [0.15, 0.2) is 6.07 Å². The topological polar surface area (TPSA) is 49.8 Å². The standard InChI is InChI=1S/C12H20N4/c1-9-7-10(13-3)16-11(15-9)12(2)5-4-6-14-8-12/h7,14H,4-6,8H2,1-3H3,(H,13,15,16)/t12-/m0/s1. The first-order chi connectivity index (χ1) is 7.64. The summed E-state index contributed by atoms with van der Waals surface area (Å²) in [5, 5.41) is 6.52. The van der Waals surface area contributed by atoms with E-state index in [9.17, 15) is 0 Å². The SMILES string of the molecule is CNc1cc(C)nc([C@@]2(C)CCCNC2)n1. The number of nitrogens with one attached hydrogen (secondary N) is 2. The molecule has 2 heterocycles. The Morgan fingerprint density at radius 3 is 2.88 bits per heavy atom. The molecule has 0 unspecified atom stereocenters. The second-order valence-electron chi connectivity index (χ2n) is 4.81. The van der Waals surface area contributed by atoms with Crippen LogP contribution in [0.5, 0.6) is 0 Å². The lowest BCUT2D eigenvalue weighted by Gasteiger charge is -2.32. The van der Waals surface area contributed by atoms with E-state index in [1.807, 2.05) is 20.0 Å². The Morgan fingerprint density at radius 1 is 1.44 bits per heavy atom. The monoisotopic (exact) mass is 220 g/mol. The van der Waals surface area contributed by atoms with E-state index in [-0.39, 0.29) is 5.41 Å². The Kier molecular flexibility index (Phi) is 3.10. The van der Waals surface area contributed by atoms with Gasteiger partial charge in [0, 0.05) is 30.8 Å². The molecule has 0 bridgehead atoms. The summed E-state index contributed by atoms with van der Waals surface area (Å²) < 4.78 is 0. The number of rotatable bonds is 2. The number of hydrogen-bond donors (Lipinski definition) is 2. The molecule has 1 aromatic rings. The van der Waals surface area contributed by atoms with Crippen molar-refractivity contribution < 1.29 is 0 Å². The quantitative estimate of drug-likeness (QED) is 0.792. The smallest absolute Gasteiger partial charge is 0.138 e. The molecule has 1 aliphatic heterocycles. The van der Waals surface area contributed by atoms with Gasteiger partial charge >= 0.3 is 0 Å². The van der Waals surface area contributed by atoms with E-state index < -0.39 is 0 Å². The summed E-state index contributed by atoms with van der Waals surface area (Å²) in [6.45, 7) is 6.35. The molecule has 0 aliphatic carbocycles. The number of hydrogen-bond acceptors (Lipinski definition) is 4. The number of nitrogens with zero attached hydrogens (tertiary/aromatic N) is 2. The average Bonchev–Trinajstić information content (AvgIpc) is 2.29. The highest BCUT2D eigenvalue weighted by molar-refractivity contribution is 5.36. The van der Waals surface area contributed by atoms with Crippen LogP contribution >= 0.6 is 0 Å². The van der Waals surface area contributed by atoms with Crippen molar-refractivity contribution in [3.63, 3.8) is 0 Å². The molecule has 0 radical (unpaired) electrons. The van der Waals surface area contributed by atoms with Gasteiger partial charge in [-0.2, -0.15) is 0 Å². The molecule has 0 amide bonds. The first-order valence-electron chi connectivity index (χ1n) is 5.89. The zero-order valence-electron chi connectivity index (χ0n) is 10.3. The highest BCUT2D eigenvalue weighted by atomic mass is 15.0. The largest absolute Gasteiger partial charge is 0.373 e. The molecular weight excluding hydrogens is 200 g/mol. The first-order valence-corrected chi connectivity index (χ1v) is 5.89. The van der Waals surface area contributed by atoms with Gasteiger partial charge in [0.25, 0.3) is 0 Å². The maximum Gasteiger partial charge on any atom is 0.138 e. The summed E-state index contributed by atoms with van der Waals surface area (Å²) in [5.41, 5.74) is 1.11. The third-order valence-corrected chi connectivity index (χ3v) is 3.25. The fraction of sp³-hybridized carbons (Fsp3) is 0.667. The average molecular weight is 220 g/mol. The maximum absolute atomic E-state index is 4.59. The van der Waals surface area contributed by atoms with Crippen LogP contribution in [0.25, 0.3) is 0 Å². The Morgan fingerprint density at radius 2 is 2.25 bits per heavy atom. The third-order valence-electron chi connectivity index (χ3n) is 3.25. The van der Waals surface area contributed by atoms with Crippen LogP contribution < -0.4 is 10.6 Å². The Bertz CT molecular complexity index is 369. The van der Waals surface area contributed by atoms with Gasteiger partial charge in [0.1, 0.15) is 11.6 Å². The van der Waals surface area contributed by atoms with Crippen molar-refractivity contribution in [2.24, 2.45) is 0 Å². The molecular formula is C12H20N4. The summed E-state index contributed by atoms with van der Waals surface area (Å²) in [4.78, 5) is 9.17. The highest BCUT2D eigenvalue weighted by Gasteiger charge is 2.31. The number of piperidine rings is 1. The zero-order valence-corrected chi connectivity index (χ0v) is 10.3. The predicted octanol–water partition coefficient (Wildman–Crippen LogP) is 1.47. The number of aryl methyl sites for hydroxylation is 1. The van der Waals surface area contributed by atoms with Crippen LogP contribution in [0.3, 0.4) is 0 Å². The van der Waals surface area contributed by atoms with Crippen LogP contribution in [-0.2, 0) is 5.41 Å². The third kappa shape index (κ3) is 2.16. The fourth-order valence-electron chi connectivity index (χ4n) is 2.21. The maximum atomic E-state index is 4.59. The van der Waals surface area contributed by atoms with E-state index in [2.05, 4.69) is 27.5 Å². The van der Waals surface area contributed by atoms with Gasteiger partial charge in [-0.3, -0.25) is 0 Å². The Labute approximate surface area is 96.9 Å². The van der Waals surface area contributed by atoms with Crippen LogP contribution in [0.4, 0.5) is 5.82 Å². The minimum absolute atomic E-state index is 0.0792. The van der Waals surface area contributed by atoms with Crippen molar-refractivity contribution in [2.75, 3.05) is 25.5 Å². The van der Waals surface area contributed by atoms with Gasteiger partial charge < -0.3 is 10.6 Å². The molecule has 1 aliphatic rings. The first kappa shape index (κ1) is 11.3. The fourth-order valence-corrected chi connectivity index (χ4v) is 2.21. The zero-order chi connectivity index (χ0) is 11.6. The van der Waals surface area contributed by atoms with Gasteiger partial charge in [-0.1, -0.05) is 6.92 Å². The normalized spacial score (nSPS) is 25.4. The summed E-state index contributed by atoms with van der Waals surface area (Å²) in [6, 6.07) is 1.98. The van der Waals surface area contributed by atoms with E-state index in [0.29, 0.717) is 0 Å². The molecule has 1 fully saturated rings. The van der Waals surface area contributed by atoms with Crippen LogP contribution in [0.1, 0.15) is 31.3 Å². The second-order valence-corrected chi connectivity index (χ2v) is 4.81. The molecule has 0 spiro atoms. The van der Waals surface area contributed by atoms with Gasteiger partial charge in [-0.15, -0.1) is 0 Å². The molecule has 16 heavy (non-hydrogen) atoms. The number of aromatic nitrogens is 2. The van der Waals surface area contributed by atoms with Crippen molar-refractivity contribution >= 4 is 5.82 Å². The van der Waals surface area contributed by atoms with Gasteiger partial charge in [0.15, 0.2) is 0 Å². The molecule has 0 aromatic carbocycles. The van der Waals surface area contributed by atoms with Gasteiger partial charge in [0.05, 0.1) is 0 Å². The Balaban J connectivity index is 2.34. The lowest BCUT2D eigenvalue weighted by Crippen LogP contribution is -2.42. The molecule has 0 saturated carbocycles. The van der Waals surface area contributed by atoms with Crippen LogP contribution in [-0.4, -0.2) is 30.1 Å². The van der Waals surface area contributed by atoms with E-state index in [1.165, 1.54) is 6.42 Å². The molecule has 1 saturated heterocycles. The summed E-state index contributed by atoms with van der Waals surface area (Å²) in [6.07, 6.45) is 2.36. The minimum Gasteiger partial charge on any atom is -0.373 e. The van der Waals surface area contributed by atoms with E-state index in [0.717, 1.165) is 36.8 Å². The molecule has 1 atom stereocenters. The minimum atomic E-state index is 0.0792. The summed E-state index contributed by atoms with van der Waals surface area (Å²) >= 11 is 0. The van der Waals surface area contributed by atoms with Gasteiger partial charge in [-0.25, -0.2) is 9.97 Å². The highest BCUT2D eigenvalue weighted by Crippen LogP contribution is 2.28. The predicted molar refractivity (Wildman–Crippen MR) is 65.8 cm³/mol. The van der Waals surface area contributed by atoms with Crippen LogP contribution in [0.2, 0.25) is 0 Å². The van der Waals surface area contributed by atoms with E-state index >= 15 is 0 Å². The van der Waals surface area contributed by atoms with Crippen molar-refractivity contribution in [2.45, 2.75) is 32.1 Å².